The summed E-state index contributed by atoms with van der Waals surface area (Å²) in [6, 6.07) is 17.7. The molecule has 0 radical (unpaired) electrons. The molecule has 0 aliphatic carbocycles. The first kappa shape index (κ1) is 22.5. The molecular formula is C25H30N2O4. The highest BCUT2D eigenvalue weighted by atomic mass is 16.5. The number of esters is 1. The molecule has 0 unspecified atom stereocenters. The molecule has 1 saturated heterocycles. The van der Waals surface area contributed by atoms with Crippen molar-refractivity contribution in [3.05, 3.63) is 65.7 Å². The fourth-order valence-corrected chi connectivity index (χ4v) is 3.76. The maximum absolute atomic E-state index is 12.6. The summed E-state index contributed by atoms with van der Waals surface area (Å²) in [5.41, 5.74) is 3.09. The molecule has 0 saturated carbocycles. The molecule has 6 heteroatoms. The minimum absolute atomic E-state index is 0.0926. The number of para-hydroxylation sites is 1. The predicted molar refractivity (Wildman–Crippen MR) is 120 cm³/mol. The first-order valence-electron chi connectivity index (χ1n) is 10.9. The average Bonchev–Trinajstić information content (AvgIpc) is 3.19. The number of hydrogen-bond acceptors (Lipinski definition) is 4. The van der Waals surface area contributed by atoms with Gasteiger partial charge >= 0.3 is 5.97 Å². The molecule has 1 aliphatic rings. The van der Waals surface area contributed by atoms with Crippen LogP contribution in [0.5, 0.6) is 0 Å². The topological polar surface area (TPSA) is 75.7 Å². The number of anilines is 1. The van der Waals surface area contributed by atoms with Crippen molar-refractivity contribution in [3.63, 3.8) is 0 Å². The Labute approximate surface area is 183 Å². The van der Waals surface area contributed by atoms with E-state index < -0.39 is 11.9 Å². The van der Waals surface area contributed by atoms with Crippen molar-refractivity contribution < 1.29 is 19.1 Å². The lowest BCUT2D eigenvalue weighted by Crippen LogP contribution is -2.32. The van der Waals surface area contributed by atoms with E-state index in [9.17, 15) is 14.4 Å². The highest BCUT2D eigenvalue weighted by Gasteiger charge is 2.37. The summed E-state index contributed by atoms with van der Waals surface area (Å²) in [6.45, 7) is 4.66. The Balaban J connectivity index is 1.49. The number of nitrogens with zero attached hydrogens (tertiary/aromatic N) is 1. The van der Waals surface area contributed by atoms with Gasteiger partial charge in [-0.1, -0.05) is 62.4 Å². The summed E-state index contributed by atoms with van der Waals surface area (Å²) >= 11 is 0. The van der Waals surface area contributed by atoms with Gasteiger partial charge in [0.1, 0.15) is 0 Å². The van der Waals surface area contributed by atoms with E-state index in [4.69, 9.17) is 4.74 Å². The molecule has 2 aromatic rings. The molecule has 2 aromatic carbocycles. The number of rotatable bonds is 9. The van der Waals surface area contributed by atoms with Crippen LogP contribution in [0.4, 0.5) is 5.69 Å². The molecule has 2 atom stereocenters. The van der Waals surface area contributed by atoms with Crippen LogP contribution in [0.3, 0.4) is 0 Å². The maximum atomic E-state index is 12.6. The van der Waals surface area contributed by atoms with Crippen molar-refractivity contribution in [1.82, 2.24) is 5.32 Å². The van der Waals surface area contributed by atoms with Gasteiger partial charge in [0.25, 0.3) is 5.91 Å². The summed E-state index contributed by atoms with van der Waals surface area (Å²) in [5, 5.41) is 2.75. The smallest absolute Gasteiger partial charge is 0.311 e. The number of amides is 2. The standard InChI is InChI=1S/C25H30N2O4/c1-3-18(2)21-11-7-8-12-22(21)27-16-20(15-24(27)29)25(30)31-17-23(28)26-14-13-19-9-5-4-6-10-19/h4-12,18,20H,3,13-17H2,1-2H3,(H,26,28)/t18-,20-/m1/s1. The fourth-order valence-electron chi connectivity index (χ4n) is 3.76. The molecule has 31 heavy (non-hydrogen) atoms. The Morgan fingerprint density at radius 1 is 1.13 bits per heavy atom. The first-order valence-corrected chi connectivity index (χ1v) is 10.9. The zero-order valence-electron chi connectivity index (χ0n) is 18.2. The molecule has 2 amide bonds. The minimum Gasteiger partial charge on any atom is -0.455 e. The lowest BCUT2D eigenvalue weighted by molar-refractivity contribution is -0.152. The molecule has 1 aliphatic heterocycles. The van der Waals surface area contributed by atoms with Crippen molar-refractivity contribution in [2.24, 2.45) is 5.92 Å². The van der Waals surface area contributed by atoms with Crippen molar-refractivity contribution in [2.45, 2.75) is 39.0 Å². The van der Waals surface area contributed by atoms with Crippen LogP contribution in [0.25, 0.3) is 0 Å². The summed E-state index contributed by atoms with van der Waals surface area (Å²) < 4.78 is 5.19. The van der Waals surface area contributed by atoms with Gasteiger partial charge in [-0.15, -0.1) is 0 Å². The molecule has 1 heterocycles. The van der Waals surface area contributed by atoms with E-state index in [2.05, 4.69) is 19.2 Å². The van der Waals surface area contributed by atoms with Crippen LogP contribution in [0.1, 0.15) is 43.7 Å². The van der Waals surface area contributed by atoms with E-state index in [1.807, 2.05) is 54.6 Å². The number of carbonyl (C=O) groups is 3. The Bertz CT molecular complexity index is 913. The van der Waals surface area contributed by atoms with Crippen LogP contribution >= 0.6 is 0 Å². The highest BCUT2D eigenvalue weighted by Crippen LogP contribution is 2.33. The van der Waals surface area contributed by atoms with E-state index in [0.717, 1.165) is 23.2 Å². The highest BCUT2D eigenvalue weighted by molar-refractivity contribution is 6.00. The molecular weight excluding hydrogens is 392 g/mol. The average molecular weight is 423 g/mol. The van der Waals surface area contributed by atoms with E-state index in [0.29, 0.717) is 18.9 Å². The van der Waals surface area contributed by atoms with Crippen LogP contribution < -0.4 is 10.2 Å². The normalized spacial score (nSPS) is 16.8. The van der Waals surface area contributed by atoms with Gasteiger partial charge in [-0.3, -0.25) is 14.4 Å². The van der Waals surface area contributed by atoms with Crippen molar-refractivity contribution in [2.75, 3.05) is 24.6 Å². The van der Waals surface area contributed by atoms with Gasteiger partial charge in [0, 0.05) is 25.2 Å². The van der Waals surface area contributed by atoms with E-state index in [1.54, 1.807) is 4.90 Å². The number of hydrogen-bond donors (Lipinski definition) is 1. The zero-order chi connectivity index (χ0) is 22.2. The van der Waals surface area contributed by atoms with Crippen LogP contribution in [0.2, 0.25) is 0 Å². The molecule has 3 rings (SSSR count). The summed E-state index contributed by atoms with van der Waals surface area (Å²) in [6.07, 6.45) is 1.77. The van der Waals surface area contributed by atoms with Crippen LogP contribution in [0, 0.1) is 5.92 Å². The molecule has 6 nitrogen and oxygen atoms in total. The van der Waals surface area contributed by atoms with Gasteiger partial charge in [0.15, 0.2) is 6.61 Å². The molecule has 164 valence electrons. The largest absolute Gasteiger partial charge is 0.455 e. The second-order valence-corrected chi connectivity index (χ2v) is 7.97. The quantitative estimate of drug-likeness (QED) is 0.628. The minimum atomic E-state index is -0.561. The van der Waals surface area contributed by atoms with Crippen LogP contribution in [-0.2, 0) is 25.5 Å². The first-order chi connectivity index (χ1) is 15.0. The second kappa shape index (κ2) is 10.8. The number of nitrogens with one attached hydrogen (secondary N) is 1. The van der Waals surface area contributed by atoms with E-state index in [1.165, 1.54) is 0 Å². The Kier molecular flexibility index (Phi) is 7.82. The van der Waals surface area contributed by atoms with Gasteiger partial charge in [-0.25, -0.2) is 0 Å². The number of carbonyl (C=O) groups excluding carboxylic acids is 3. The second-order valence-electron chi connectivity index (χ2n) is 7.97. The monoisotopic (exact) mass is 422 g/mol. The Morgan fingerprint density at radius 3 is 2.58 bits per heavy atom. The van der Waals surface area contributed by atoms with Crippen LogP contribution in [0.15, 0.2) is 54.6 Å². The van der Waals surface area contributed by atoms with Crippen molar-refractivity contribution in [1.29, 1.82) is 0 Å². The third-order valence-corrected chi connectivity index (χ3v) is 5.75. The fraction of sp³-hybridized carbons (Fsp3) is 0.400. The molecule has 0 spiro atoms. The predicted octanol–water partition coefficient (Wildman–Crippen LogP) is 3.46. The number of benzene rings is 2. The third kappa shape index (κ3) is 5.94. The molecule has 1 fully saturated rings. The van der Waals surface area contributed by atoms with Crippen molar-refractivity contribution >= 4 is 23.5 Å². The van der Waals surface area contributed by atoms with Gasteiger partial charge in [0.2, 0.25) is 5.91 Å². The molecule has 1 N–H and O–H groups in total. The SMILES string of the molecule is CC[C@@H](C)c1ccccc1N1C[C@H](C(=O)OCC(=O)NCCc2ccccc2)CC1=O. The lowest BCUT2D eigenvalue weighted by atomic mass is 9.96. The Hall–Kier alpha value is -3.15. The van der Waals surface area contributed by atoms with Gasteiger partial charge in [-0.05, 0) is 36.0 Å². The maximum Gasteiger partial charge on any atom is 0.311 e. The van der Waals surface area contributed by atoms with E-state index in [-0.39, 0.29) is 31.4 Å². The van der Waals surface area contributed by atoms with E-state index >= 15 is 0 Å². The van der Waals surface area contributed by atoms with Crippen molar-refractivity contribution in [3.8, 4) is 0 Å². The molecule has 0 aromatic heterocycles. The van der Waals surface area contributed by atoms with Crippen LogP contribution in [-0.4, -0.2) is 37.5 Å². The number of ether oxygens (including phenoxy) is 1. The molecule has 0 bridgehead atoms. The van der Waals surface area contributed by atoms with Gasteiger partial charge in [0.05, 0.1) is 5.92 Å². The summed E-state index contributed by atoms with van der Waals surface area (Å²) in [5.74, 6) is -1.18. The third-order valence-electron chi connectivity index (χ3n) is 5.75. The van der Waals surface area contributed by atoms with Gasteiger partial charge in [-0.2, -0.15) is 0 Å². The summed E-state index contributed by atoms with van der Waals surface area (Å²) in [4.78, 5) is 38.7. The Morgan fingerprint density at radius 2 is 1.84 bits per heavy atom. The lowest BCUT2D eigenvalue weighted by Gasteiger charge is -2.23. The summed E-state index contributed by atoms with van der Waals surface area (Å²) in [7, 11) is 0. The van der Waals surface area contributed by atoms with Gasteiger partial charge < -0.3 is 15.0 Å². The zero-order valence-corrected chi connectivity index (χ0v) is 18.2.